The molecule has 0 fully saturated rings. The molecule has 2 heteroatoms. The Kier molecular flexibility index (Phi) is 7.62. The average molecular weight is 335 g/mol. The fraction of sp³-hybridized carbons (Fsp3) is 0.348. The van der Waals surface area contributed by atoms with Crippen LogP contribution in [-0.4, -0.2) is 11.5 Å². The highest BCUT2D eigenvalue weighted by Crippen LogP contribution is 2.17. The number of hydrogen-bond donors (Lipinski definition) is 1. The van der Waals surface area contributed by atoms with Crippen LogP contribution in [0.5, 0.6) is 0 Å². The van der Waals surface area contributed by atoms with E-state index in [-0.39, 0.29) is 0 Å². The highest BCUT2D eigenvalue weighted by molar-refractivity contribution is 5.61. The molecule has 0 saturated heterocycles. The van der Waals surface area contributed by atoms with Crippen molar-refractivity contribution in [3.63, 3.8) is 0 Å². The van der Waals surface area contributed by atoms with Gasteiger partial charge in [-0.05, 0) is 51.3 Å². The van der Waals surface area contributed by atoms with Gasteiger partial charge in [0.15, 0.2) is 0 Å². The van der Waals surface area contributed by atoms with Gasteiger partial charge < -0.3 is 5.73 Å². The summed E-state index contributed by atoms with van der Waals surface area (Å²) in [5.74, 6) is 0. The molecular weight excluding hydrogens is 304 g/mol. The van der Waals surface area contributed by atoms with Gasteiger partial charge >= 0.3 is 0 Å². The van der Waals surface area contributed by atoms with E-state index in [4.69, 9.17) is 10.7 Å². The van der Waals surface area contributed by atoms with Crippen LogP contribution in [0.15, 0.2) is 43.0 Å². The van der Waals surface area contributed by atoms with Gasteiger partial charge in [0.1, 0.15) is 0 Å². The lowest BCUT2D eigenvalue weighted by Crippen LogP contribution is -2.32. The Morgan fingerprint density at radius 1 is 1.08 bits per heavy atom. The summed E-state index contributed by atoms with van der Waals surface area (Å²) in [7, 11) is 0. The minimum atomic E-state index is 0.789. The Labute approximate surface area is 151 Å². The standard InChI is InChI=1S/C23H30N2/c1-4-10-21-20(11-8-6-7-9-16-24)17-23(25-22(21)5-2)19-14-12-18(3)13-15-19/h4-5,10,12-15,17H,1,6-9,11,16,24H2,2-3H3/b21-10-,22-5+. The molecule has 0 spiro atoms. The summed E-state index contributed by atoms with van der Waals surface area (Å²) in [5.41, 5.74) is 10.4. The Bertz CT molecular complexity index is 801. The number of allylic oxidation sites excluding steroid dienone is 1. The van der Waals surface area contributed by atoms with Crippen LogP contribution in [0.1, 0.15) is 43.7 Å². The molecule has 0 aliphatic carbocycles. The molecule has 0 saturated carbocycles. The van der Waals surface area contributed by atoms with Crippen molar-refractivity contribution in [1.82, 2.24) is 4.98 Å². The third kappa shape index (κ3) is 5.40. The number of unbranched alkanes of at least 4 members (excludes halogenated alkanes) is 3. The van der Waals surface area contributed by atoms with E-state index < -0.39 is 0 Å². The summed E-state index contributed by atoms with van der Waals surface area (Å²) < 4.78 is 0. The van der Waals surface area contributed by atoms with E-state index in [0.717, 1.165) is 30.4 Å². The second-order valence-electron chi connectivity index (χ2n) is 6.48. The summed E-state index contributed by atoms with van der Waals surface area (Å²) >= 11 is 0. The molecule has 0 atom stereocenters. The van der Waals surface area contributed by atoms with E-state index >= 15 is 0 Å². The van der Waals surface area contributed by atoms with Gasteiger partial charge in [-0.2, -0.15) is 0 Å². The topological polar surface area (TPSA) is 38.9 Å². The van der Waals surface area contributed by atoms with Crippen molar-refractivity contribution in [2.45, 2.75) is 46.0 Å². The van der Waals surface area contributed by atoms with Crippen LogP contribution in [0.3, 0.4) is 0 Å². The largest absolute Gasteiger partial charge is 0.330 e. The number of aryl methyl sites for hydroxylation is 2. The van der Waals surface area contributed by atoms with Gasteiger partial charge in [0.25, 0.3) is 0 Å². The van der Waals surface area contributed by atoms with Gasteiger partial charge in [-0.1, -0.05) is 67.5 Å². The molecule has 0 amide bonds. The fourth-order valence-electron chi connectivity index (χ4n) is 3.05. The molecule has 1 aromatic carbocycles. The van der Waals surface area contributed by atoms with Crippen molar-refractivity contribution in [1.29, 1.82) is 0 Å². The maximum Gasteiger partial charge on any atom is 0.0712 e. The summed E-state index contributed by atoms with van der Waals surface area (Å²) in [6, 6.07) is 10.8. The zero-order chi connectivity index (χ0) is 18.1. The van der Waals surface area contributed by atoms with Crippen molar-refractivity contribution >= 4 is 12.2 Å². The first-order valence-electron chi connectivity index (χ1n) is 9.25. The quantitative estimate of drug-likeness (QED) is 0.744. The fourth-order valence-corrected chi connectivity index (χ4v) is 3.05. The van der Waals surface area contributed by atoms with Gasteiger partial charge in [0.2, 0.25) is 0 Å². The van der Waals surface area contributed by atoms with Gasteiger partial charge in [-0.15, -0.1) is 0 Å². The SMILES string of the molecule is C=C/C=c1/c(CCCCCCN)cc(-c2ccc(C)cc2)n/c1=C/C. The predicted octanol–water partition coefficient (Wildman–Crippen LogP) is 3.89. The van der Waals surface area contributed by atoms with Crippen LogP contribution >= 0.6 is 0 Å². The molecule has 2 N–H and O–H groups in total. The van der Waals surface area contributed by atoms with Crippen molar-refractivity contribution in [3.8, 4) is 11.3 Å². The minimum absolute atomic E-state index is 0.789. The summed E-state index contributed by atoms with van der Waals surface area (Å²) in [5, 5.41) is 2.24. The molecule has 2 nitrogen and oxygen atoms in total. The van der Waals surface area contributed by atoms with Crippen LogP contribution in [0.25, 0.3) is 23.4 Å². The van der Waals surface area contributed by atoms with E-state index in [1.165, 1.54) is 41.2 Å². The Hall–Kier alpha value is -2.19. The number of aromatic nitrogens is 1. The number of hydrogen-bond acceptors (Lipinski definition) is 2. The van der Waals surface area contributed by atoms with E-state index in [2.05, 4.69) is 56.0 Å². The van der Waals surface area contributed by atoms with E-state index in [9.17, 15) is 0 Å². The zero-order valence-electron chi connectivity index (χ0n) is 15.6. The Balaban J connectivity index is 2.40. The van der Waals surface area contributed by atoms with Crippen LogP contribution in [0.4, 0.5) is 0 Å². The molecule has 132 valence electrons. The van der Waals surface area contributed by atoms with E-state index in [1.54, 1.807) is 0 Å². The van der Waals surface area contributed by atoms with Gasteiger partial charge in [-0.25, -0.2) is 4.98 Å². The molecule has 2 rings (SSSR count). The monoisotopic (exact) mass is 334 g/mol. The molecule has 1 aromatic heterocycles. The summed E-state index contributed by atoms with van der Waals surface area (Å²) in [6.45, 7) is 8.82. The number of nitrogens with zero attached hydrogens (tertiary/aromatic N) is 1. The van der Waals surface area contributed by atoms with Crippen LogP contribution in [0, 0.1) is 6.92 Å². The van der Waals surface area contributed by atoms with E-state index in [1.807, 2.05) is 13.0 Å². The van der Waals surface area contributed by atoms with Crippen LogP contribution in [-0.2, 0) is 6.42 Å². The second-order valence-corrected chi connectivity index (χ2v) is 6.48. The number of pyridine rings is 1. The maximum atomic E-state index is 5.59. The third-order valence-corrected chi connectivity index (χ3v) is 4.48. The number of nitrogens with two attached hydrogens (primary N) is 1. The summed E-state index contributed by atoms with van der Waals surface area (Å²) in [6.07, 6.45) is 11.8. The normalized spacial score (nSPS) is 12.6. The van der Waals surface area contributed by atoms with Crippen LogP contribution < -0.4 is 16.3 Å². The summed E-state index contributed by atoms with van der Waals surface area (Å²) in [4.78, 5) is 4.88. The lowest BCUT2D eigenvalue weighted by Gasteiger charge is -2.08. The molecule has 25 heavy (non-hydrogen) atoms. The van der Waals surface area contributed by atoms with Crippen molar-refractivity contribution < 1.29 is 0 Å². The smallest absolute Gasteiger partial charge is 0.0712 e. The lowest BCUT2D eigenvalue weighted by molar-refractivity contribution is 0.645. The molecule has 0 unspecified atom stereocenters. The zero-order valence-corrected chi connectivity index (χ0v) is 15.6. The molecule has 0 aliphatic rings. The van der Waals surface area contributed by atoms with Gasteiger partial charge in [0.05, 0.1) is 11.0 Å². The van der Waals surface area contributed by atoms with E-state index in [0.29, 0.717) is 0 Å². The molecular formula is C23H30N2. The highest BCUT2D eigenvalue weighted by atomic mass is 14.7. The minimum Gasteiger partial charge on any atom is -0.330 e. The molecule has 0 bridgehead atoms. The molecule has 0 radical (unpaired) electrons. The maximum absolute atomic E-state index is 5.59. The average Bonchev–Trinajstić information content (AvgIpc) is 2.63. The second kappa shape index (κ2) is 9.95. The lowest BCUT2D eigenvalue weighted by atomic mass is 10.0. The first-order valence-corrected chi connectivity index (χ1v) is 9.25. The predicted molar refractivity (Wildman–Crippen MR) is 110 cm³/mol. The van der Waals surface area contributed by atoms with Crippen LogP contribution in [0.2, 0.25) is 0 Å². The molecule has 1 heterocycles. The molecule has 2 aromatic rings. The Morgan fingerprint density at radius 3 is 2.44 bits per heavy atom. The van der Waals surface area contributed by atoms with Gasteiger partial charge in [-0.3, -0.25) is 0 Å². The Morgan fingerprint density at radius 2 is 1.80 bits per heavy atom. The highest BCUT2D eigenvalue weighted by Gasteiger charge is 2.05. The molecule has 0 aliphatic heterocycles. The number of rotatable bonds is 8. The van der Waals surface area contributed by atoms with Crippen molar-refractivity contribution in [3.05, 3.63) is 64.7 Å². The van der Waals surface area contributed by atoms with Crippen molar-refractivity contribution in [2.75, 3.05) is 6.54 Å². The third-order valence-electron chi connectivity index (χ3n) is 4.48. The first kappa shape index (κ1) is 19.1. The first-order chi connectivity index (χ1) is 12.2. The number of benzene rings is 1. The van der Waals surface area contributed by atoms with Crippen molar-refractivity contribution in [2.24, 2.45) is 5.73 Å². The van der Waals surface area contributed by atoms with Gasteiger partial charge in [0, 0.05) is 10.8 Å².